The molecule has 37 heavy (non-hydrogen) atoms. The minimum absolute atomic E-state index is 0.496. The third-order valence-electron chi connectivity index (χ3n) is 5.48. The molecule has 0 saturated heterocycles. The highest BCUT2D eigenvalue weighted by molar-refractivity contribution is 8.07. The van der Waals surface area contributed by atoms with Crippen LogP contribution in [0, 0.1) is 0 Å². The summed E-state index contributed by atoms with van der Waals surface area (Å²) in [5, 5.41) is 0. The molecule has 0 N–H and O–H groups in total. The van der Waals surface area contributed by atoms with Crippen molar-refractivity contribution in [3.05, 3.63) is 119 Å². The van der Waals surface area contributed by atoms with E-state index in [1.165, 1.54) is 24.1 Å². The van der Waals surface area contributed by atoms with Crippen LogP contribution in [0.4, 0.5) is 0 Å². The van der Waals surface area contributed by atoms with Crippen LogP contribution in [0.5, 0.6) is 23.0 Å². The maximum absolute atomic E-state index is 5.94. The quantitative estimate of drug-likeness (QED) is 0.120. The Kier molecular flexibility index (Phi) is 10.5. The number of benzene rings is 4. The predicted molar refractivity (Wildman–Crippen MR) is 151 cm³/mol. The molecule has 0 fully saturated rings. The van der Waals surface area contributed by atoms with Crippen molar-refractivity contribution in [3.63, 3.8) is 0 Å². The van der Waals surface area contributed by atoms with Gasteiger partial charge in [-0.2, -0.15) is 0 Å². The highest BCUT2D eigenvalue weighted by atomic mass is 32.2. The van der Waals surface area contributed by atoms with Crippen LogP contribution in [0.25, 0.3) is 0 Å². The van der Waals surface area contributed by atoms with E-state index >= 15 is 0 Å². The van der Waals surface area contributed by atoms with E-state index in [-0.39, 0.29) is 0 Å². The van der Waals surface area contributed by atoms with Crippen molar-refractivity contribution in [2.75, 3.05) is 14.2 Å². The first-order valence-electron chi connectivity index (χ1n) is 11.8. The van der Waals surface area contributed by atoms with Crippen LogP contribution in [-0.2, 0) is 28.3 Å². The molecule has 0 aliphatic carbocycles. The van der Waals surface area contributed by atoms with E-state index in [0.717, 1.165) is 33.8 Å². The minimum Gasteiger partial charge on any atom is -0.493 e. The summed E-state index contributed by atoms with van der Waals surface area (Å²) in [7, 11) is 3.31. The summed E-state index contributed by atoms with van der Waals surface area (Å²) in [6, 6.07) is 32.1. The van der Waals surface area contributed by atoms with Gasteiger partial charge >= 0.3 is 0 Å². The van der Waals surface area contributed by atoms with E-state index in [2.05, 4.69) is 0 Å². The summed E-state index contributed by atoms with van der Waals surface area (Å²) in [5.74, 6) is 4.25. The van der Waals surface area contributed by atoms with Crippen molar-refractivity contribution in [1.82, 2.24) is 0 Å². The molecule has 0 amide bonds. The molecular weight excluding hydrogens is 504 g/mol. The molecule has 0 aromatic heterocycles. The van der Waals surface area contributed by atoms with Crippen molar-refractivity contribution in [2.45, 2.75) is 24.7 Å². The summed E-state index contributed by atoms with van der Waals surface area (Å²) in [5.41, 5.74) is 4.41. The van der Waals surface area contributed by atoms with Crippen LogP contribution in [-0.4, -0.2) is 14.2 Å². The second kappa shape index (κ2) is 14.5. The molecule has 7 heteroatoms. The van der Waals surface area contributed by atoms with Crippen LogP contribution in [0.3, 0.4) is 0 Å². The number of rotatable bonds is 14. The first kappa shape index (κ1) is 26.8. The molecule has 0 spiro atoms. The lowest BCUT2D eigenvalue weighted by molar-refractivity contribution is 0.284. The van der Waals surface area contributed by atoms with Gasteiger partial charge in [0.15, 0.2) is 23.0 Å². The summed E-state index contributed by atoms with van der Waals surface area (Å²) < 4.78 is 28.7. The molecule has 0 unspecified atom stereocenters. The highest BCUT2D eigenvalue weighted by Gasteiger charge is 2.09. The molecule has 0 atom stereocenters. The van der Waals surface area contributed by atoms with E-state index in [1.54, 1.807) is 14.2 Å². The zero-order valence-corrected chi connectivity index (χ0v) is 22.6. The molecule has 0 heterocycles. The SMILES string of the molecule is COc1cc(CSOSCc2ccc(OCc3ccccc3)c(OC)c2)ccc1OCc1ccccc1. The summed E-state index contributed by atoms with van der Waals surface area (Å²) in [6.45, 7) is 0.992. The van der Waals surface area contributed by atoms with Gasteiger partial charge in [0.25, 0.3) is 0 Å². The maximum atomic E-state index is 5.94. The Bertz CT molecular complexity index is 1140. The Morgan fingerprint density at radius 1 is 0.486 bits per heavy atom. The van der Waals surface area contributed by atoms with Crippen LogP contribution in [0.2, 0.25) is 0 Å². The predicted octanol–water partition coefficient (Wildman–Crippen LogP) is 7.88. The molecule has 0 radical (unpaired) electrons. The van der Waals surface area contributed by atoms with Gasteiger partial charge in [0, 0.05) is 35.6 Å². The fraction of sp³-hybridized carbons (Fsp3) is 0.200. The van der Waals surface area contributed by atoms with Crippen molar-refractivity contribution < 1.29 is 22.6 Å². The molecule has 5 nitrogen and oxygen atoms in total. The Morgan fingerprint density at radius 2 is 0.919 bits per heavy atom. The highest BCUT2D eigenvalue weighted by Crippen LogP contribution is 2.33. The van der Waals surface area contributed by atoms with E-state index in [9.17, 15) is 0 Å². The Hall–Kier alpha value is -3.26. The molecule has 0 aliphatic rings. The Morgan fingerprint density at radius 3 is 1.32 bits per heavy atom. The summed E-state index contributed by atoms with van der Waals surface area (Å²) in [6.07, 6.45) is 0. The van der Waals surface area contributed by atoms with Crippen LogP contribution >= 0.6 is 24.1 Å². The third kappa shape index (κ3) is 8.39. The second-order valence-corrected chi connectivity index (χ2v) is 9.70. The Balaban J connectivity index is 1.21. The van der Waals surface area contributed by atoms with Crippen molar-refractivity contribution >= 4 is 24.1 Å². The van der Waals surface area contributed by atoms with E-state index in [0.29, 0.717) is 36.2 Å². The molecule has 0 bridgehead atoms. The number of hydrogen-bond donors (Lipinski definition) is 0. The lowest BCUT2D eigenvalue weighted by Crippen LogP contribution is -1.98. The van der Waals surface area contributed by atoms with Crippen LogP contribution < -0.4 is 18.9 Å². The first-order chi connectivity index (χ1) is 18.2. The van der Waals surface area contributed by atoms with Gasteiger partial charge in [0.05, 0.1) is 14.2 Å². The number of hydrogen-bond acceptors (Lipinski definition) is 7. The zero-order valence-electron chi connectivity index (χ0n) is 20.9. The average molecular weight is 535 g/mol. The fourth-order valence-corrected chi connectivity index (χ4v) is 4.82. The van der Waals surface area contributed by atoms with Crippen molar-refractivity contribution in [2.24, 2.45) is 0 Å². The molecule has 4 aromatic carbocycles. The third-order valence-corrected chi connectivity index (χ3v) is 7.15. The monoisotopic (exact) mass is 534 g/mol. The number of ether oxygens (including phenoxy) is 4. The second-order valence-electron chi connectivity index (χ2n) is 8.11. The van der Waals surface area contributed by atoms with E-state index < -0.39 is 0 Å². The topological polar surface area (TPSA) is 46.2 Å². The lowest BCUT2D eigenvalue weighted by Gasteiger charge is -2.13. The largest absolute Gasteiger partial charge is 0.493 e. The maximum Gasteiger partial charge on any atom is 0.161 e. The smallest absolute Gasteiger partial charge is 0.161 e. The molecule has 4 aromatic rings. The van der Waals surface area contributed by atoms with Crippen LogP contribution in [0.1, 0.15) is 22.3 Å². The van der Waals surface area contributed by atoms with Gasteiger partial charge in [-0.15, -0.1) is 0 Å². The van der Waals surface area contributed by atoms with Gasteiger partial charge < -0.3 is 18.9 Å². The lowest BCUT2D eigenvalue weighted by atomic mass is 10.2. The molecule has 192 valence electrons. The fourth-order valence-electron chi connectivity index (χ4n) is 3.53. The van der Waals surface area contributed by atoms with Gasteiger partial charge in [0.2, 0.25) is 0 Å². The van der Waals surface area contributed by atoms with Crippen molar-refractivity contribution in [3.8, 4) is 23.0 Å². The normalized spacial score (nSPS) is 10.6. The Labute approximate surface area is 227 Å². The summed E-state index contributed by atoms with van der Waals surface area (Å²) >= 11 is 2.78. The van der Waals surface area contributed by atoms with E-state index in [1.807, 2.05) is 97.1 Å². The van der Waals surface area contributed by atoms with Gasteiger partial charge in [-0.3, -0.25) is 0 Å². The molecule has 4 rings (SSSR count). The first-order valence-corrected chi connectivity index (χ1v) is 13.7. The molecular formula is C30H30O5S2. The van der Waals surface area contributed by atoms with Gasteiger partial charge in [-0.25, -0.2) is 3.63 Å². The summed E-state index contributed by atoms with van der Waals surface area (Å²) in [4.78, 5) is 0. The molecule has 0 aliphatic heterocycles. The zero-order chi connectivity index (χ0) is 25.7. The van der Waals surface area contributed by atoms with E-state index in [4.69, 9.17) is 22.6 Å². The average Bonchev–Trinajstić information content (AvgIpc) is 2.96. The van der Waals surface area contributed by atoms with Crippen LogP contribution in [0.15, 0.2) is 97.1 Å². The van der Waals surface area contributed by atoms with Gasteiger partial charge in [0.1, 0.15) is 13.2 Å². The molecule has 0 saturated carbocycles. The standard InChI is InChI=1S/C30H30O5S2/c1-31-29-17-25(13-15-27(29)33-19-23-9-5-3-6-10-23)21-36-35-37-22-26-14-16-28(30(18-26)32-2)34-20-24-11-7-4-8-12-24/h3-18H,19-22H2,1-2H3. The number of methoxy groups -OCH3 is 2. The van der Waals surface area contributed by atoms with Crippen molar-refractivity contribution in [1.29, 1.82) is 0 Å². The van der Waals surface area contributed by atoms with Gasteiger partial charge in [-0.1, -0.05) is 72.8 Å². The van der Waals surface area contributed by atoms with Gasteiger partial charge in [-0.05, 0) is 46.5 Å². The minimum atomic E-state index is 0.496.